The Morgan fingerprint density at radius 3 is 2.29 bits per heavy atom. The monoisotopic (exact) mass is 248 g/mol. The first-order valence-corrected chi connectivity index (χ1v) is 4.13. The minimum atomic E-state index is -1.65. The molecule has 0 radical (unpaired) electrons. The summed E-state index contributed by atoms with van der Waals surface area (Å²) >= 11 is 0. The fourth-order valence-electron chi connectivity index (χ4n) is 0.977. The van der Waals surface area contributed by atoms with Gasteiger partial charge in [0.1, 0.15) is 6.61 Å². The molecule has 0 spiro atoms. The maximum Gasteiger partial charge on any atom is 0.413 e. The fraction of sp³-hybridized carbons (Fsp3) is 0.111. The van der Waals surface area contributed by atoms with Crippen molar-refractivity contribution in [1.82, 2.24) is 0 Å². The van der Waals surface area contributed by atoms with Crippen LogP contribution in [0.15, 0.2) is 6.07 Å². The molecule has 0 saturated carbocycles. The number of hydrogen-bond donors (Lipinski definition) is 0. The Labute approximate surface area is 92.0 Å². The molecule has 0 saturated heterocycles. The number of hydrogen-bond acceptors (Lipinski definition) is 2. The van der Waals surface area contributed by atoms with E-state index in [1.165, 1.54) is 0 Å². The van der Waals surface area contributed by atoms with Crippen LogP contribution < -0.4 is 0 Å². The van der Waals surface area contributed by atoms with Crippen LogP contribution in [0.25, 0.3) is 5.53 Å². The number of halogens is 4. The smallest absolute Gasteiger partial charge is 0.413 e. The summed E-state index contributed by atoms with van der Waals surface area (Å²) in [6, 6.07) is 0.0329. The summed E-state index contributed by atoms with van der Waals surface area (Å²) in [7, 11) is 0. The zero-order chi connectivity index (χ0) is 13.0. The molecule has 90 valence electrons. The first-order chi connectivity index (χ1) is 7.97. The van der Waals surface area contributed by atoms with Crippen molar-refractivity contribution in [2.45, 2.75) is 6.61 Å². The van der Waals surface area contributed by atoms with Gasteiger partial charge in [-0.05, 0) is 0 Å². The molecule has 0 heterocycles. The van der Waals surface area contributed by atoms with Gasteiger partial charge < -0.3 is 10.3 Å². The van der Waals surface area contributed by atoms with Crippen molar-refractivity contribution in [2.75, 3.05) is 0 Å². The second kappa shape index (κ2) is 5.22. The molecular weight excluding hydrogens is 244 g/mol. The third kappa shape index (κ3) is 2.88. The summed E-state index contributed by atoms with van der Waals surface area (Å²) in [4.78, 5) is 12.9. The Balaban J connectivity index is 2.98. The van der Waals surface area contributed by atoms with Gasteiger partial charge in [-0.1, -0.05) is 0 Å². The van der Waals surface area contributed by atoms with Crippen LogP contribution in [-0.2, 0) is 16.1 Å². The minimum Gasteiger partial charge on any atom is -0.452 e. The summed E-state index contributed by atoms with van der Waals surface area (Å²) in [5, 5.41) is 0. The third-order valence-corrected chi connectivity index (χ3v) is 1.72. The standard InChI is InChI=1S/C9H4F4N2O2/c10-5-1-6(11)9(13)4(8(5)12)3-17-7(16)2-15-14/h1-2H,3H2. The van der Waals surface area contributed by atoms with Crippen LogP contribution in [-0.4, -0.2) is 17.0 Å². The van der Waals surface area contributed by atoms with Gasteiger partial charge in [0.05, 0.1) is 5.56 Å². The summed E-state index contributed by atoms with van der Waals surface area (Å²) in [5.41, 5.74) is 6.86. The third-order valence-electron chi connectivity index (χ3n) is 1.72. The van der Waals surface area contributed by atoms with Gasteiger partial charge in [-0.2, -0.15) is 4.79 Å². The van der Waals surface area contributed by atoms with Gasteiger partial charge in [0.15, 0.2) is 23.3 Å². The average molecular weight is 248 g/mol. The molecule has 0 N–H and O–H groups in total. The lowest BCUT2D eigenvalue weighted by Gasteiger charge is -2.05. The Bertz CT molecular complexity index is 486. The zero-order valence-corrected chi connectivity index (χ0v) is 8.08. The lowest BCUT2D eigenvalue weighted by atomic mass is 10.2. The molecule has 0 aliphatic carbocycles. The SMILES string of the molecule is [N-]=[N+]=CC(=O)OCc1c(F)c(F)cc(F)c1F. The van der Waals surface area contributed by atoms with Gasteiger partial charge in [0.2, 0.25) is 0 Å². The van der Waals surface area contributed by atoms with Crippen LogP contribution in [0.1, 0.15) is 5.56 Å². The predicted octanol–water partition coefficient (Wildman–Crippen LogP) is 1.59. The number of benzene rings is 1. The Kier molecular flexibility index (Phi) is 3.95. The van der Waals surface area contributed by atoms with E-state index in [2.05, 4.69) is 9.53 Å². The van der Waals surface area contributed by atoms with Gasteiger partial charge in [-0.3, -0.25) is 0 Å². The highest BCUT2D eigenvalue weighted by molar-refractivity contribution is 6.20. The van der Waals surface area contributed by atoms with Gasteiger partial charge in [-0.15, -0.1) is 0 Å². The number of esters is 1. The Morgan fingerprint density at radius 2 is 1.82 bits per heavy atom. The van der Waals surface area contributed by atoms with Crippen LogP contribution in [0.3, 0.4) is 0 Å². The largest absolute Gasteiger partial charge is 0.452 e. The van der Waals surface area contributed by atoms with Gasteiger partial charge in [0, 0.05) is 6.07 Å². The van der Waals surface area contributed by atoms with E-state index in [9.17, 15) is 22.4 Å². The topological polar surface area (TPSA) is 62.7 Å². The van der Waals surface area contributed by atoms with Crippen molar-refractivity contribution >= 4 is 12.2 Å². The van der Waals surface area contributed by atoms with E-state index in [1.807, 2.05) is 0 Å². The summed E-state index contributed by atoms with van der Waals surface area (Å²) in [6.45, 7) is -1.03. The van der Waals surface area contributed by atoms with Crippen LogP contribution in [0.2, 0.25) is 0 Å². The van der Waals surface area contributed by atoms with E-state index in [0.29, 0.717) is 6.21 Å². The highest BCUT2D eigenvalue weighted by atomic mass is 19.2. The molecule has 0 atom stereocenters. The molecule has 0 fully saturated rings. The molecule has 0 unspecified atom stereocenters. The van der Waals surface area contributed by atoms with Gasteiger partial charge in [-0.25, -0.2) is 22.4 Å². The molecule has 0 aromatic heterocycles. The summed E-state index contributed by atoms with van der Waals surface area (Å²) < 4.78 is 55.6. The molecule has 0 aliphatic heterocycles. The van der Waals surface area contributed by atoms with Crippen molar-refractivity contribution in [3.63, 3.8) is 0 Å². The normalized spacial score (nSPS) is 9.65. The second-order valence-corrected chi connectivity index (χ2v) is 2.80. The number of rotatable bonds is 3. The van der Waals surface area contributed by atoms with E-state index >= 15 is 0 Å². The second-order valence-electron chi connectivity index (χ2n) is 2.80. The van der Waals surface area contributed by atoms with Gasteiger partial charge >= 0.3 is 12.2 Å². The minimum absolute atomic E-state index is 0.0329. The molecule has 4 nitrogen and oxygen atoms in total. The molecular formula is C9H4F4N2O2. The molecule has 1 rings (SSSR count). The number of ether oxygens (including phenoxy) is 1. The predicted molar refractivity (Wildman–Crippen MR) is 45.8 cm³/mol. The van der Waals surface area contributed by atoms with Crippen molar-refractivity contribution < 1.29 is 31.9 Å². The number of nitrogens with zero attached hydrogens (tertiary/aromatic N) is 2. The van der Waals surface area contributed by atoms with Crippen molar-refractivity contribution in [3.05, 3.63) is 40.4 Å². The number of carbonyl (C=O) groups is 1. The van der Waals surface area contributed by atoms with Crippen LogP contribution in [0.4, 0.5) is 17.6 Å². The fourth-order valence-corrected chi connectivity index (χ4v) is 0.977. The first-order valence-electron chi connectivity index (χ1n) is 4.13. The average Bonchev–Trinajstić information content (AvgIpc) is 2.27. The molecule has 8 heteroatoms. The van der Waals surface area contributed by atoms with E-state index < -0.39 is 41.4 Å². The van der Waals surface area contributed by atoms with Crippen LogP contribution in [0, 0.1) is 23.3 Å². The Hall–Kier alpha value is -2.21. The first kappa shape index (κ1) is 12.9. The molecule has 17 heavy (non-hydrogen) atoms. The molecule has 0 amide bonds. The lowest BCUT2D eigenvalue weighted by molar-refractivity contribution is -0.140. The summed E-state index contributed by atoms with van der Waals surface area (Å²) in [6.07, 6.45) is 0.311. The van der Waals surface area contributed by atoms with Gasteiger partial charge in [0.25, 0.3) is 0 Å². The van der Waals surface area contributed by atoms with Crippen molar-refractivity contribution in [3.8, 4) is 0 Å². The molecule has 1 aromatic carbocycles. The van der Waals surface area contributed by atoms with Crippen molar-refractivity contribution in [1.29, 1.82) is 0 Å². The maximum atomic E-state index is 13.0. The van der Waals surface area contributed by atoms with E-state index in [0.717, 1.165) is 0 Å². The molecule has 1 aromatic rings. The van der Waals surface area contributed by atoms with Crippen LogP contribution in [0.5, 0.6) is 0 Å². The van der Waals surface area contributed by atoms with E-state index in [-0.39, 0.29) is 6.07 Å². The maximum absolute atomic E-state index is 13.0. The molecule has 0 bridgehead atoms. The van der Waals surface area contributed by atoms with E-state index in [1.54, 1.807) is 0 Å². The Morgan fingerprint density at radius 1 is 1.29 bits per heavy atom. The van der Waals surface area contributed by atoms with E-state index in [4.69, 9.17) is 5.53 Å². The number of carbonyl (C=O) groups excluding carboxylic acids is 1. The quantitative estimate of drug-likeness (QED) is 0.203. The zero-order valence-electron chi connectivity index (χ0n) is 8.08. The molecule has 0 aliphatic rings. The highest BCUT2D eigenvalue weighted by Gasteiger charge is 2.20. The lowest BCUT2D eigenvalue weighted by Crippen LogP contribution is -2.10. The van der Waals surface area contributed by atoms with Crippen molar-refractivity contribution in [2.24, 2.45) is 0 Å². The summed E-state index contributed by atoms with van der Waals surface area (Å²) in [5.74, 6) is -7.75. The highest BCUT2D eigenvalue weighted by Crippen LogP contribution is 2.19. The van der Waals surface area contributed by atoms with Crippen LogP contribution >= 0.6 is 0 Å².